The van der Waals surface area contributed by atoms with E-state index < -0.39 is 18.1 Å². The zero-order valence-electron chi connectivity index (χ0n) is 7.44. The smallest absolute Gasteiger partial charge is 1.00 e. The summed E-state index contributed by atoms with van der Waals surface area (Å²) in [6.07, 6.45) is 0. The van der Waals surface area contributed by atoms with Gasteiger partial charge in [0.05, 0.1) is 0 Å². The number of hydrogen-bond donors (Lipinski definition) is 0. The molecule has 0 aromatic heterocycles. The summed E-state index contributed by atoms with van der Waals surface area (Å²) in [7, 11) is -11.8. The minimum absolute atomic E-state index is 0. The van der Waals surface area contributed by atoms with Gasteiger partial charge in [-0.3, -0.25) is 0 Å². The molecule has 0 radical (unpaired) electrons. The third-order valence-electron chi connectivity index (χ3n) is 0.250. The van der Waals surface area contributed by atoms with Crippen molar-refractivity contribution >= 4 is 169 Å². The van der Waals surface area contributed by atoms with Crippen molar-refractivity contribution in [3.8, 4) is 0 Å². The summed E-state index contributed by atoms with van der Waals surface area (Å²) in [5.41, 5.74) is 0. The van der Waals surface area contributed by atoms with E-state index in [1.165, 1.54) is 0 Å². The molecule has 0 heterocycles. The maximum atomic E-state index is 9.36. The molecule has 0 amide bonds. The molecule has 0 bridgehead atoms. The molecule has 0 aliphatic heterocycles. The molecule has 0 fully saturated rings. The molecular formula is Ca4F2O7Si2. The molecule has 15 heavy (non-hydrogen) atoms. The third-order valence-corrected chi connectivity index (χ3v) is 2.25. The van der Waals surface area contributed by atoms with Gasteiger partial charge in [-0.05, 0) is 0 Å². The van der Waals surface area contributed by atoms with Gasteiger partial charge in [0, 0.05) is 0 Å². The first-order valence-corrected chi connectivity index (χ1v) is 4.90. The Morgan fingerprint density at radius 3 is 0.667 bits per heavy atom. The van der Waals surface area contributed by atoms with Crippen molar-refractivity contribution in [1.29, 1.82) is 0 Å². The van der Waals surface area contributed by atoms with E-state index in [9.17, 15) is 28.8 Å². The molecule has 15 heteroatoms. The monoisotopic (exact) mass is 366 g/mol. The molecule has 0 unspecified atom stereocenters. The second kappa shape index (κ2) is 19.1. The van der Waals surface area contributed by atoms with Gasteiger partial charge in [0.15, 0.2) is 0 Å². The van der Waals surface area contributed by atoms with Gasteiger partial charge in [0.25, 0.3) is 0 Å². The van der Waals surface area contributed by atoms with Gasteiger partial charge < -0.3 is 42.3 Å². The average molecular weight is 366 g/mol. The first kappa shape index (κ1) is 42.7. The molecule has 72 valence electrons. The zero-order chi connectivity index (χ0) is 7.71. The quantitative estimate of drug-likeness (QED) is 0.441. The van der Waals surface area contributed by atoms with Crippen LogP contribution >= 0.6 is 0 Å². The predicted molar refractivity (Wildman–Crippen MR) is 35.6 cm³/mol. The molecule has 7 nitrogen and oxygen atoms in total. The molecule has 0 rings (SSSR count). The van der Waals surface area contributed by atoms with Crippen LogP contribution in [-0.4, -0.2) is 169 Å². The van der Waals surface area contributed by atoms with Crippen LogP contribution in [0.2, 0.25) is 0 Å². The molecule has 0 aliphatic rings. The minimum atomic E-state index is -5.92. The maximum absolute atomic E-state index is 9.36. The van der Waals surface area contributed by atoms with Gasteiger partial charge in [-0.1, -0.05) is 0 Å². The van der Waals surface area contributed by atoms with Gasteiger partial charge in [0.1, 0.15) is 0 Å². The van der Waals surface area contributed by atoms with Crippen LogP contribution in [0.3, 0.4) is 0 Å². The van der Waals surface area contributed by atoms with Crippen LogP contribution in [-0.2, 0) is 4.12 Å². The molecule has 0 spiro atoms. The molecule has 0 saturated carbocycles. The summed E-state index contributed by atoms with van der Waals surface area (Å²) in [5, 5.41) is 0. The van der Waals surface area contributed by atoms with Crippen LogP contribution < -0.4 is 38.2 Å². The third kappa shape index (κ3) is 45.4. The topological polar surface area (TPSA) is 148 Å². The second-order valence-electron chi connectivity index (χ2n) is 1.10. The normalized spacial score (nSPS) is 8.40. The van der Waals surface area contributed by atoms with Crippen LogP contribution in [0.15, 0.2) is 0 Å². The van der Waals surface area contributed by atoms with Crippen molar-refractivity contribution in [2.24, 2.45) is 0 Å². The van der Waals surface area contributed by atoms with Crippen LogP contribution in [0.4, 0.5) is 0 Å². The van der Waals surface area contributed by atoms with Gasteiger partial charge in [-0.25, -0.2) is 0 Å². The summed E-state index contributed by atoms with van der Waals surface area (Å²) >= 11 is 0. The summed E-state index contributed by atoms with van der Waals surface area (Å²) in [5.74, 6) is 0. The summed E-state index contributed by atoms with van der Waals surface area (Å²) in [4.78, 5) is 56.2. The van der Waals surface area contributed by atoms with Crippen LogP contribution in [0.5, 0.6) is 0 Å². The Labute approximate surface area is 206 Å². The van der Waals surface area contributed by atoms with E-state index in [1.807, 2.05) is 0 Å². The summed E-state index contributed by atoms with van der Waals surface area (Å²) in [6, 6.07) is 0. The summed E-state index contributed by atoms with van der Waals surface area (Å²) in [6.45, 7) is 0. The Morgan fingerprint density at radius 2 is 0.667 bits per heavy atom. The Hall–Kier alpha value is 5.05. The Kier molecular flexibility index (Phi) is 54.3. The number of rotatable bonds is 2. The molecule has 0 aromatic carbocycles. The fourth-order valence-corrected chi connectivity index (χ4v) is 1.38. The van der Waals surface area contributed by atoms with Gasteiger partial charge in [-0.15, -0.1) is 18.1 Å². The van der Waals surface area contributed by atoms with E-state index in [1.54, 1.807) is 0 Å². The SMILES string of the molecule is [Ca+2].[Ca+2].[Ca+2].[Ca+2].[F-].[F-].[O-][Si]([O-])([O-])O[Si]([O-])([O-])[O-]. The standard InChI is InChI=1S/4Ca.2FH.O7Si2/c;;;;;;1-8(2,3)7-9(4,5)6/h;;;;2*1H;/q4*+2;;;-6/p-2. The Morgan fingerprint density at radius 1 is 0.533 bits per heavy atom. The van der Waals surface area contributed by atoms with E-state index in [-0.39, 0.29) is 160 Å². The molecule has 0 atom stereocenters. The van der Waals surface area contributed by atoms with Gasteiger partial charge >= 0.3 is 151 Å². The number of halogens is 2. The van der Waals surface area contributed by atoms with Crippen molar-refractivity contribution in [2.75, 3.05) is 0 Å². The Bertz CT molecular complexity index is 92.1. The fraction of sp³-hybridized carbons (Fsp3) is 0. The van der Waals surface area contributed by atoms with Crippen LogP contribution in [0, 0.1) is 0 Å². The van der Waals surface area contributed by atoms with E-state index in [0.29, 0.717) is 0 Å². The Balaban J connectivity index is -0.0000000213. The first-order chi connectivity index (χ1) is 3.71. The molecule has 0 aliphatic carbocycles. The fourth-order valence-electron chi connectivity index (χ4n) is 0.153. The van der Waals surface area contributed by atoms with E-state index in [4.69, 9.17) is 0 Å². The van der Waals surface area contributed by atoms with E-state index >= 15 is 0 Å². The maximum Gasteiger partial charge on any atom is 2.00 e. The van der Waals surface area contributed by atoms with Crippen LogP contribution in [0.25, 0.3) is 0 Å². The van der Waals surface area contributed by atoms with Crippen LogP contribution in [0.1, 0.15) is 0 Å². The van der Waals surface area contributed by atoms with Crippen molar-refractivity contribution in [3.05, 3.63) is 0 Å². The minimum Gasteiger partial charge on any atom is -1.00 e. The predicted octanol–water partition coefficient (Wildman–Crippen LogP) is -15.5. The van der Waals surface area contributed by atoms with Gasteiger partial charge in [0.2, 0.25) is 0 Å². The molecular weight excluding hydrogens is 366 g/mol. The molecule has 0 saturated heterocycles. The van der Waals surface area contributed by atoms with Crippen molar-refractivity contribution in [2.45, 2.75) is 0 Å². The molecule has 0 N–H and O–H groups in total. The largest absolute Gasteiger partial charge is 2.00 e. The zero-order valence-corrected chi connectivity index (χ0v) is 18.3. The number of hydrogen-bond acceptors (Lipinski definition) is 7. The first-order valence-electron chi connectivity index (χ1n) is 1.63. The summed E-state index contributed by atoms with van der Waals surface area (Å²) < 4.78 is 2.57. The van der Waals surface area contributed by atoms with E-state index in [2.05, 4.69) is 4.12 Å². The van der Waals surface area contributed by atoms with Crippen molar-refractivity contribution in [3.63, 3.8) is 0 Å². The van der Waals surface area contributed by atoms with E-state index in [0.717, 1.165) is 0 Å². The average Bonchev–Trinajstić information content (AvgIpc) is 1.14. The van der Waals surface area contributed by atoms with Crippen molar-refractivity contribution in [1.82, 2.24) is 0 Å². The molecule has 0 aromatic rings. The van der Waals surface area contributed by atoms with Gasteiger partial charge in [-0.2, -0.15) is 0 Å². The van der Waals surface area contributed by atoms with Crippen molar-refractivity contribution < 1.29 is 42.3 Å². The second-order valence-corrected chi connectivity index (χ2v) is 3.92.